The van der Waals surface area contributed by atoms with Crippen LogP contribution in [0, 0.1) is 0 Å². The molecule has 1 aliphatic heterocycles. The predicted molar refractivity (Wildman–Crippen MR) is 116 cm³/mol. The Bertz CT molecular complexity index is 1110. The normalized spacial score (nSPS) is 15.3. The Labute approximate surface area is 189 Å². The minimum atomic E-state index is -1.45. The van der Waals surface area contributed by atoms with Crippen LogP contribution in [-0.4, -0.2) is 60.8 Å². The molecule has 174 valence electrons. The van der Waals surface area contributed by atoms with Crippen LogP contribution in [0.3, 0.4) is 0 Å². The lowest BCUT2D eigenvalue weighted by atomic mass is 10.1. The molecule has 10 heteroatoms. The average molecular weight is 457 g/mol. The number of ketones is 1. The topological polar surface area (TPSA) is 141 Å². The summed E-state index contributed by atoms with van der Waals surface area (Å²) in [4.78, 5) is 35.7. The predicted octanol–water partition coefficient (Wildman–Crippen LogP) is 1.65. The van der Waals surface area contributed by atoms with Crippen molar-refractivity contribution in [3.8, 4) is 23.0 Å². The van der Waals surface area contributed by atoms with Crippen molar-refractivity contribution in [3.05, 3.63) is 53.3 Å². The van der Waals surface area contributed by atoms with Gasteiger partial charge in [0.05, 0.1) is 25.9 Å². The fraction of sp³-hybridized carbons (Fsp3) is 0.261. The summed E-state index contributed by atoms with van der Waals surface area (Å²) in [5.41, 5.74) is 0.944. The maximum Gasteiger partial charge on any atom is 0.328 e. The summed E-state index contributed by atoms with van der Waals surface area (Å²) >= 11 is 0. The molecule has 0 saturated heterocycles. The lowest BCUT2D eigenvalue weighted by Gasteiger charge is -2.17. The molecule has 3 N–H and O–H groups in total. The lowest BCUT2D eigenvalue weighted by Crippen LogP contribution is -2.49. The van der Waals surface area contributed by atoms with E-state index < -0.39 is 30.6 Å². The second-order valence-electron chi connectivity index (χ2n) is 7.12. The molecule has 0 spiro atoms. The van der Waals surface area contributed by atoms with Crippen LogP contribution in [-0.2, 0) is 9.59 Å². The van der Waals surface area contributed by atoms with E-state index in [9.17, 15) is 19.5 Å². The smallest absolute Gasteiger partial charge is 0.328 e. The lowest BCUT2D eigenvalue weighted by molar-refractivity contribution is -0.145. The van der Waals surface area contributed by atoms with E-state index in [-0.39, 0.29) is 23.0 Å². The van der Waals surface area contributed by atoms with E-state index in [1.165, 1.54) is 39.3 Å². The van der Waals surface area contributed by atoms with Gasteiger partial charge in [-0.15, -0.1) is 0 Å². The van der Waals surface area contributed by atoms with Crippen LogP contribution < -0.4 is 24.3 Å². The molecule has 1 heterocycles. The number of allylic oxidation sites excluding steroid dienone is 1. The highest BCUT2D eigenvalue weighted by molar-refractivity contribution is 6.14. The van der Waals surface area contributed by atoms with Crippen LogP contribution in [0.2, 0.25) is 0 Å². The largest absolute Gasteiger partial charge is 0.497 e. The standard InChI is InChI=1S/C23H23NO9/c1-12(25)21(23(28)29)24-20(26)11-32-15-6-7-16-18(10-15)33-19(22(16)27)8-13-4-5-14(30-2)9-17(13)31-3/h4-10,12,21,25H,11H2,1-3H3,(H,24,26)(H,28,29)/t12-,21+/m1/s1. The van der Waals surface area contributed by atoms with Crippen LogP contribution in [0.1, 0.15) is 22.8 Å². The Kier molecular flexibility index (Phi) is 7.19. The third kappa shape index (κ3) is 5.42. The third-order valence-corrected chi connectivity index (χ3v) is 4.80. The first kappa shape index (κ1) is 23.6. The van der Waals surface area contributed by atoms with E-state index in [0.29, 0.717) is 22.6 Å². The van der Waals surface area contributed by atoms with Crippen LogP contribution in [0.15, 0.2) is 42.2 Å². The molecule has 1 amide bonds. The first-order valence-corrected chi connectivity index (χ1v) is 9.86. The van der Waals surface area contributed by atoms with Gasteiger partial charge in [-0.05, 0) is 37.3 Å². The van der Waals surface area contributed by atoms with Gasteiger partial charge in [0.25, 0.3) is 5.91 Å². The van der Waals surface area contributed by atoms with E-state index in [0.717, 1.165) is 0 Å². The number of hydrogen-bond acceptors (Lipinski definition) is 8. The van der Waals surface area contributed by atoms with Gasteiger partial charge in [-0.25, -0.2) is 4.79 Å². The van der Waals surface area contributed by atoms with Gasteiger partial charge in [-0.1, -0.05) is 0 Å². The molecule has 3 rings (SSSR count). The molecule has 10 nitrogen and oxygen atoms in total. The van der Waals surface area contributed by atoms with Gasteiger partial charge in [0.2, 0.25) is 5.78 Å². The van der Waals surface area contributed by atoms with E-state index in [1.54, 1.807) is 24.3 Å². The summed E-state index contributed by atoms with van der Waals surface area (Å²) in [7, 11) is 3.04. The number of amides is 1. The number of Topliss-reactive ketones (excluding diaryl/α,β-unsaturated/α-hetero) is 1. The molecule has 2 aromatic rings. The van der Waals surface area contributed by atoms with Gasteiger partial charge in [0, 0.05) is 17.7 Å². The fourth-order valence-electron chi connectivity index (χ4n) is 3.09. The fourth-order valence-corrected chi connectivity index (χ4v) is 3.09. The molecule has 0 saturated carbocycles. The maximum atomic E-state index is 12.7. The molecule has 0 bridgehead atoms. The number of carboxylic acid groups (broad SMARTS) is 1. The number of aliphatic hydroxyl groups excluding tert-OH is 1. The number of carboxylic acids is 1. The minimum absolute atomic E-state index is 0.0876. The number of aliphatic carboxylic acids is 1. The van der Waals surface area contributed by atoms with Crippen molar-refractivity contribution in [1.29, 1.82) is 0 Å². The minimum Gasteiger partial charge on any atom is -0.497 e. The Hall–Kier alpha value is -4.05. The van der Waals surface area contributed by atoms with Crippen molar-refractivity contribution in [2.45, 2.75) is 19.1 Å². The highest BCUT2D eigenvalue weighted by Gasteiger charge is 2.29. The number of methoxy groups -OCH3 is 2. The van der Waals surface area contributed by atoms with Gasteiger partial charge in [0.15, 0.2) is 18.4 Å². The average Bonchev–Trinajstić information content (AvgIpc) is 3.10. The number of carbonyl (C=O) groups is 3. The molecule has 2 atom stereocenters. The zero-order valence-electron chi connectivity index (χ0n) is 18.2. The highest BCUT2D eigenvalue weighted by Crippen LogP contribution is 2.36. The third-order valence-electron chi connectivity index (χ3n) is 4.80. The zero-order valence-corrected chi connectivity index (χ0v) is 18.2. The molecular weight excluding hydrogens is 434 g/mol. The molecule has 0 aliphatic carbocycles. The van der Waals surface area contributed by atoms with Crippen LogP contribution in [0.5, 0.6) is 23.0 Å². The van der Waals surface area contributed by atoms with Gasteiger partial charge in [-0.2, -0.15) is 0 Å². The molecule has 0 fully saturated rings. The Balaban J connectivity index is 1.70. The highest BCUT2D eigenvalue weighted by atomic mass is 16.5. The van der Waals surface area contributed by atoms with Crippen molar-refractivity contribution in [1.82, 2.24) is 5.32 Å². The van der Waals surface area contributed by atoms with Crippen LogP contribution in [0.4, 0.5) is 0 Å². The van der Waals surface area contributed by atoms with Gasteiger partial charge < -0.3 is 34.5 Å². The van der Waals surface area contributed by atoms with Gasteiger partial charge in [0.1, 0.15) is 23.0 Å². The number of fused-ring (bicyclic) bond motifs is 1. The quantitative estimate of drug-likeness (QED) is 0.479. The van der Waals surface area contributed by atoms with Crippen LogP contribution in [0.25, 0.3) is 6.08 Å². The summed E-state index contributed by atoms with van der Waals surface area (Å²) in [6.07, 6.45) is 0.275. The molecular formula is C23H23NO9. The Morgan fingerprint density at radius 1 is 1.12 bits per heavy atom. The zero-order chi connectivity index (χ0) is 24.1. The van der Waals surface area contributed by atoms with Crippen LogP contribution >= 0.6 is 0 Å². The van der Waals surface area contributed by atoms with E-state index in [1.807, 2.05) is 0 Å². The van der Waals surface area contributed by atoms with Crippen molar-refractivity contribution < 1.29 is 43.5 Å². The summed E-state index contributed by atoms with van der Waals surface area (Å²) < 4.78 is 21.6. The number of rotatable bonds is 9. The number of nitrogens with one attached hydrogen (secondary N) is 1. The number of ether oxygens (including phenoxy) is 4. The monoisotopic (exact) mass is 457 g/mol. The SMILES string of the molecule is COc1ccc(C=C2Oc3cc(OCC(=O)N[C@H](C(=O)O)[C@@H](C)O)ccc3C2=O)c(OC)c1. The second-order valence-corrected chi connectivity index (χ2v) is 7.12. The number of aliphatic hydroxyl groups is 1. The summed E-state index contributed by atoms with van der Waals surface area (Å²) in [6, 6.07) is 8.14. The van der Waals surface area contributed by atoms with E-state index in [2.05, 4.69) is 5.32 Å². The molecule has 33 heavy (non-hydrogen) atoms. The van der Waals surface area contributed by atoms with Gasteiger partial charge >= 0.3 is 5.97 Å². The summed E-state index contributed by atoms with van der Waals surface area (Å²) in [5.74, 6) is -0.736. The molecule has 0 aromatic heterocycles. The first-order valence-electron chi connectivity index (χ1n) is 9.86. The van der Waals surface area contributed by atoms with Crippen molar-refractivity contribution in [3.63, 3.8) is 0 Å². The Morgan fingerprint density at radius 2 is 1.85 bits per heavy atom. The number of benzene rings is 2. The number of hydrogen-bond donors (Lipinski definition) is 3. The Morgan fingerprint density at radius 3 is 2.48 bits per heavy atom. The van der Waals surface area contributed by atoms with E-state index in [4.69, 9.17) is 24.1 Å². The van der Waals surface area contributed by atoms with Gasteiger partial charge in [-0.3, -0.25) is 9.59 Å². The molecule has 1 aliphatic rings. The number of carbonyl (C=O) groups excluding carboxylic acids is 2. The van der Waals surface area contributed by atoms with Crippen molar-refractivity contribution >= 4 is 23.7 Å². The molecule has 0 unspecified atom stereocenters. The molecule has 0 radical (unpaired) electrons. The first-order chi connectivity index (χ1) is 15.7. The molecule has 2 aromatic carbocycles. The van der Waals surface area contributed by atoms with Crippen molar-refractivity contribution in [2.24, 2.45) is 0 Å². The maximum absolute atomic E-state index is 12.7. The van der Waals surface area contributed by atoms with Crippen molar-refractivity contribution in [2.75, 3.05) is 20.8 Å². The van der Waals surface area contributed by atoms with E-state index >= 15 is 0 Å². The second kappa shape index (κ2) is 10.0. The summed E-state index contributed by atoms with van der Waals surface area (Å²) in [5, 5.41) is 20.6. The summed E-state index contributed by atoms with van der Waals surface area (Å²) in [6.45, 7) is 0.760.